The van der Waals surface area contributed by atoms with E-state index in [2.05, 4.69) is 41.0 Å². The van der Waals surface area contributed by atoms with Gasteiger partial charge in [-0.15, -0.1) is 11.3 Å². The fourth-order valence-corrected chi connectivity index (χ4v) is 5.47. The molecule has 4 N–H and O–H groups in total. The van der Waals surface area contributed by atoms with E-state index in [1.54, 1.807) is 11.3 Å². The second-order valence-electron chi connectivity index (χ2n) is 8.67. The molecule has 30 heavy (non-hydrogen) atoms. The number of aliphatic hydroxyl groups excluding tert-OH is 2. The molecule has 5 rings (SSSR count). The first-order valence-electron chi connectivity index (χ1n) is 10.8. The van der Waals surface area contributed by atoms with Gasteiger partial charge in [-0.05, 0) is 62.0 Å². The average Bonchev–Trinajstić information content (AvgIpc) is 3.36. The average molecular weight is 425 g/mol. The highest BCUT2D eigenvalue weighted by atomic mass is 32.1. The molecule has 0 bridgehead atoms. The first-order chi connectivity index (χ1) is 14.6. The number of aromatic nitrogens is 2. The van der Waals surface area contributed by atoms with Crippen molar-refractivity contribution in [2.45, 2.75) is 44.8 Å². The van der Waals surface area contributed by atoms with E-state index in [1.807, 2.05) is 6.92 Å². The van der Waals surface area contributed by atoms with Crippen LogP contribution in [0.3, 0.4) is 0 Å². The molecular formula is C23H28N4O2S. The zero-order chi connectivity index (χ0) is 20.7. The number of hydrogen-bond donors (Lipinski definition) is 4. The van der Waals surface area contributed by atoms with E-state index in [0.29, 0.717) is 12.4 Å². The lowest BCUT2D eigenvalue weighted by atomic mass is 10.1. The summed E-state index contributed by atoms with van der Waals surface area (Å²) < 4.78 is 1.23. The van der Waals surface area contributed by atoms with E-state index in [0.717, 1.165) is 40.8 Å². The molecule has 2 aliphatic carbocycles. The van der Waals surface area contributed by atoms with Gasteiger partial charge in [0.2, 0.25) is 5.95 Å². The summed E-state index contributed by atoms with van der Waals surface area (Å²) in [5.41, 5.74) is 1.91. The number of nitrogens with zero attached hydrogens (tertiary/aromatic N) is 2. The summed E-state index contributed by atoms with van der Waals surface area (Å²) in [6, 6.07) is 10.4. The maximum absolute atomic E-state index is 10.5. The van der Waals surface area contributed by atoms with Crippen molar-refractivity contribution < 1.29 is 10.2 Å². The smallest absolute Gasteiger partial charge is 0.224 e. The maximum atomic E-state index is 10.5. The molecule has 1 aromatic carbocycles. The fourth-order valence-electron chi connectivity index (χ4n) is 4.31. The van der Waals surface area contributed by atoms with E-state index in [1.165, 1.54) is 22.9 Å². The van der Waals surface area contributed by atoms with Gasteiger partial charge < -0.3 is 20.8 Å². The summed E-state index contributed by atoms with van der Waals surface area (Å²) >= 11 is 1.73. The second kappa shape index (κ2) is 8.13. The molecule has 2 aromatic heterocycles. The Morgan fingerprint density at radius 1 is 1.13 bits per heavy atom. The molecule has 0 unspecified atom stereocenters. The molecule has 0 aliphatic heterocycles. The quantitative estimate of drug-likeness (QED) is 0.458. The van der Waals surface area contributed by atoms with Crippen LogP contribution in [0.5, 0.6) is 0 Å². The van der Waals surface area contributed by atoms with Crippen LogP contribution in [0.4, 0.5) is 11.8 Å². The topological polar surface area (TPSA) is 90.3 Å². The van der Waals surface area contributed by atoms with Gasteiger partial charge in [0.05, 0.1) is 23.4 Å². The molecule has 3 atom stereocenters. The summed E-state index contributed by atoms with van der Waals surface area (Å²) in [6.07, 6.45) is 3.40. The van der Waals surface area contributed by atoms with Crippen molar-refractivity contribution in [1.82, 2.24) is 9.97 Å². The Labute approximate surface area is 180 Å². The SMILES string of the molecule is Cc1nc(NCC2CC2)nc(N[C@@H]2C[C@H](CO)C[C@H]2O)c1-c1cc2ccccc2s1. The Kier molecular flexibility index (Phi) is 5.35. The van der Waals surface area contributed by atoms with Gasteiger partial charge in [-0.25, -0.2) is 4.98 Å². The van der Waals surface area contributed by atoms with Crippen molar-refractivity contribution in [3.05, 3.63) is 36.0 Å². The summed E-state index contributed by atoms with van der Waals surface area (Å²) in [5, 5.41) is 28.1. The van der Waals surface area contributed by atoms with Crippen LogP contribution in [-0.4, -0.2) is 45.5 Å². The van der Waals surface area contributed by atoms with E-state index in [-0.39, 0.29) is 18.6 Å². The maximum Gasteiger partial charge on any atom is 0.224 e. The molecular weight excluding hydrogens is 396 g/mol. The Bertz CT molecular complexity index is 1020. The van der Waals surface area contributed by atoms with Crippen molar-refractivity contribution in [1.29, 1.82) is 0 Å². The number of thiophene rings is 1. The van der Waals surface area contributed by atoms with Crippen LogP contribution >= 0.6 is 11.3 Å². The van der Waals surface area contributed by atoms with Crippen molar-refractivity contribution >= 4 is 33.2 Å². The monoisotopic (exact) mass is 424 g/mol. The van der Waals surface area contributed by atoms with Crippen LogP contribution in [0.2, 0.25) is 0 Å². The Hall–Kier alpha value is -2.22. The number of aliphatic hydroxyl groups is 2. The lowest BCUT2D eigenvalue weighted by Crippen LogP contribution is -2.29. The molecule has 2 aliphatic rings. The molecule has 2 saturated carbocycles. The zero-order valence-corrected chi connectivity index (χ0v) is 18.0. The lowest BCUT2D eigenvalue weighted by molar-refractivity contribution is 0.157. The zero-order valence-electron chi connectivity index (χ0n) is 17.1. The fraction of sp³-hybridized carbons (Fsp3) is 0.478. The standard InChI is InChI=1S/C23H28N4O2S/c1-13-21(20-10-16-4-2-3-5-19(16)30-20)22(26-17-8-15(12-28)9-18(17)29)27-23(25-13)24-11-14-6-7-14/h2-5,10,14-15,17-18,28-29H,6-9,11-12H2,1H3,(H2,24,25,26,27)/t15-,17+,18+/m0/s1. The van der Waals surface area contributed by atoms with E-state index in [4.69, 9.17) is 9.97 Å². The minimum Gasteiger partial charge on any atom is -0.396 e. The van der Waals surface area contributed by atoms with E-state index >= 15 is 0 Å². The predicted octanol–water partition coefficient (Wildman–Crippen LogP) is 4.03. The normalized spacial score (nSPS) is 23.8. The largest absolute Gasteiger partial charge is 0.396 e. The third-order valence-electron chi connectivity index (χ3n) is 6.21. The van der Waals surface area contributed by atoms with Gasteiger partial charge in [-0.2, -0.15) is 4.98 Å². The molecule has 2 heterocycles. The molecule has 0 spiro atoms. The van der Waals surface area contributed by atoms with Gasteiger partial charge >= 0.3 is 0 Å². The Balaban J connectivity index is 1.52. The van der Waals surface area contributed by atoms with Crippen molar-refractivity contribution in [2.24, 2.45) is 11.8 Å². The van der Waals surface area contributed by atoms with E-state index in [9.17, 15) is 10.2 Å². The molecule has 7 heteroatoms. The molecule has 0 saturated heterocycles. The number of benzene rings is 1. The van der Waals surface area contributed by atoms with Gasteiger partial charge in [-0.3, -0.25) is 0 Å². The summed E-state index contributed by atoms with van der Waals surface area (Å²) in [5.74, 6) is 2.25. The number of anilines is 2. The highest BCUT2D eigenvalue weighted by Gasteiger charge is 2.33. The van der Waals surface area contributed by atoms with Gasteiger partial charge in [0.25, 0.3) is 0 Å². The molecule has 6 nitrogen and oxygen atoms in total. The summed E-state index contributed by atoms with van der Waals surface area (Å²) in [4.78, 5) is 10.7. The van der Waals surface area contributed by atoms with E-state index < -0.39 is 6.10 Å². The molecule has 2 fully saturated rings. The van der Waals surface area contributed by atoms with Gasteiger partial charge in [-0.1, -0.05) is 18.2 Å². The third-order valence-corrected chi connectivity index (χ3v) is 7.35. The predicted molar refractivity (Wildman–Crippen MR) is 122 cm³/mol. The number of fused-ring (bicyclic) bond motifs is 1. The van der Waals surface area contributed by atoms with Crippen LogP contribution < -0.4 is 10.6 Å². The number of rotatable bonds is 7. The molecule has 0 amide bonds. The first kappa shape index (κ1) is 19.7. The van der Waals surface area contributed by atoms with Crippen LogP contribution in [0.1, 0.15) is 31.4 Å². The van der Waals surface area contributed by atoms with Crippen LogP contribution in [0.15, 0.2) is 30.3 Å². The number of aryl methyl sites for hydroxylation is 1. The third kappa shape index (κ3) is 4.02. The molecule has 3 aromatic rings. The number of hydrogen-bond acceptors (Lipinski definition) is 7. The lowest BCUT2D eigenvalue weighted by Gasteiger charge is -2.21. The minimum atomic E-state index is -0.490. The van der Waals surface area contributed by atoms with Gasteiger partial charge in [0.15, 0.2) is 0 Å². The minimum absolute atomic E-state index is 0.107. The Morgan fingerprint density at radius 3 is 2.70 bits per heavy atom. The summed E-state index contributed by atoms with van der Waals surface area (Å²) in [6.45, 7) is 3.03. The Morgan fingerprint density at radius 2 is 1.97 bits per heavy atom. The van der Waals surface area contributed by atoms with Crippen LogP contribution in [-0.2, 0) is 0 Å². The van der Waals surface area contributed by atoms with Crippen LogP contribution in [0.25, 0.3) is 20.5 Å². The van der Waals surface area contributed by atoms with Crippen molar-refractivity contribution in [2.75, 3.05) is 23.8 Å². The van der Waals surface area contributed by atoms with Crippen molar-refractivity contribution in [3.63, 3.8) is 0 Å². The van der Waals surface area contributed by atoms with Crippen molar-refractivity contribution in [3.8, 4) is 10.4 Å². The second-order valence-corrected chi connectivity index (χ2v) is 9.75. The highest BCUT2D eigenvalue weighted by molar-refractivity contribution is 7.22. The highest BCUT2D eigenvalue weighted by Crippen LogP contribution is 2.40. The van der Waals surface area contributed by atoms with Crippen LogP contribution in [0, 0.1) is 18.8 Å². The number of nitrogens with one attached hydrogen (secondary N) is 2. The van der Waals surface area contributed by atoms with Gasteiger partial charge in [0.1, 0.15) is 5.82 Å². The molecule has 0 radical (unpaired) electrons. The summed E-state index contributed by atoms with van der Waals surface area (Å²) in [7, 11) is 0. The first-order valence-corrected chi connectivity index (χ1v) is 11.6. The molecule has 158 valence electrons. The van der Waals surface area contributed by atoms with Gasteiger partial charge in [0, 0.05) is 22.7 Å².